The number of rotatable bonds is 8. The third-order valence-electron chi connectivity index (χ3n) is 6.65. The first-order valence-electron chi connectivity index (χ1n) is 12.0. The van der Waals surface area contributed by atoms with Crippen molar-refractivity contribution in [1.82, 2.24) is 0 Å². The van der Waals surface area contributed by atoms with Gasteiger partial charge >= 0.3 is 5.97 Å². The summed E-state index contributed by atoms with van der Waals surface area (Å²) in [5.74, 6) is 4.61. The molecule has 1 aliphatic heterocycles. The number of allylic oxidation sites excluding steroid dienone is 1. The van der Waals surface area contributed by atoms with Crippen LogP contribution in [0.15, 0.2) is 54.6 Å². The topological polar surface area (TPSA) is 65.0 Å². The maximum absolute atomic E-state index is 11.6. The molecule has 1 N–H and O–H groups in total. The second kappa shape index (κ2) is 10.9. The molecule has 2 aliphatic rings. The molecule has 0 radical (unpaired) electrons. The summed E-state index contributed by atoms with van der Waals surface area (Å²) in [4.78, 5) is 11.6. The maximum Gasteiger partial charge on any atom is 0.308 e. The lowest BCUT2D eigenvalue weighted by molar-refractivity contribution is -0.159. The number of benzene rings is 2. The second-order valence-corrected chi connectivity index (χ2v) is 8.82. The minimum Gasteiger partial charge on any atom is -0.489 e. The van der Waals surface area contributed by atoms with Crippen LogP contribution in [0, 0.1) is 17.8 Å². The average molecular weight is 461 g/mol. The molecule has 4 rings (SSSR count). The van der Waals surface area contributed by atoms with E-state index in [9.17, 15) is 9.90 Å². The lowest BCUT2D eigenvalue weighted by atomic mass is 9.84. The van der Waals surface area contributed by atoms with Crippen molar-refractivity contribution in [3.8, 4) is 17.6 Å². The third-order valence-corrected chi connectivity index (χ3v) is 6.65. The molecule has 2 aromatic rings. The van der Waals surface area contributed by atoms with Crippen LogP contribution in [0.2, 0.25) is 0 Å². The Morgan fingerprint density at radius 2 is 1.94 bits per heavy atom. The highest BCUT2D eigenvalue weighted by Crippen LogP contribution is 2.38. The fraction of sp³-hybridized carbons (Fsp3) is 0.414. The Bertz CT molecular complexity index is 1080. The van der Waals surface area contributed by atoms with Crippen LogP contribution >= 0.6 is 0 Å². The van der Waals surface area contributed by atoms with E-state index in [-0.39, 0.29) is 5.92 Å². The van der Waals surface area contributed by atoms with E-state index in [2.05, 4.69) is 42.2 Å². The van der Waals surface area contributed by atoms with Crippen LogP contribution in [0.1, 0.15) is 62.1 Å². The van der Waals surface area contributed by atoms with E-state index in [0.717, 1.165) is 36.1 Å². The molecule has 178 valence electrons. The van der Waals surface area contributed by atoms with Crippen molar-refractivity contribution < 1.29 is 24.1 Å². The Hall–Kier alpha value is -3.07. The highest BCUT2D eigenvalue weighted by Gasteiger charge is 2.37. The number of carboxylic acid groups (broad SMARTS) is 1. The Kier molecular flexibility index (Phi) is 7.72. The van der Waals surface area contributed by atoms with Gasteiger partial charge in [-0.25, -0.2) is 0 Å². The van der Waals surface area contributed by atoms with E-state index in [1.165, 1.54) is 11.1 Å². The van der Waals surface area contributed by atoms with Crippen molar-refractivity contribution in [2.24, 2.45) is 5.92 Å². The molecule has 1 aliphatic carbocycles. The van der Waals surface area contributed by atoms with Gasteiger partial charge in [0.15, 0.2) is 5.79 Å². The molecule has 34 heavy (non-hydrogen) atoms. The molecule has 0 bridgehead atoms. The number of hydrogen-bond donors (Lipinski definition) is 1. The van der Waals surface area contributed by atoms with Crippen LogP contribution in [0.3, 0.4) is 0 Å². The molecule has 1 fully saturated rings. The molecule has 2 aromatic carbocycles. The summed E-state index contributed by atoms with van der Waals surface area (Å²) >= 11 is 0. The number of hydrogen-bond acceptors (Lipinski definition) is 4. The normalized spacial score (nSPS) is 18.5. The largest absolute Gasteiger partial charge is 0.489 e. The number of carboxylic acids is 1. The zero-order valence-corrected chi connectivity index (χ0v) is 19.9. The van der Waals surface area contributed by atoms with E-state index in [0.29, 0.717) is 26.2 Å². The van der Waals surface area contributed by atoms with E-state index < -0.39 is 17.7 Å². The average Bonchev–Trinajstić information content (AvgIpc) is 3.31. The van der Waals surface area contributed by atoms with Gasteiger partial charge < -0.3 is 19.3 Å². The summed E-state index contributed by atoms with van der Waals surface area (Å²) in [5.41, 5.74) is 4.53. The van der Waals surface area contributed by atoms with Gasteiger partial charge in [0.2, 0.25) is 0 Å². The first-order chi connectivity index (χ1) is 16.5. The van der Waals surface area contributed by atoms with Crippen molar-refractivity contribution in [3.63, 3.8) is 0 Å². The lowest BCUT2D eigenvalue weighted by Crippen LogP contribution is -2.31. The molecule has 2 atom stereocenters. The zero-order chi connectivity index (χ0) is 24.0. The van der Waals surface area contributed by atoms with Crippen LogP contribution in [0.25, 0.3) is 5.57 Å². The molecule has 0 saturated carbocycles. The van der Waals surface area contributed by atoms with E-state index in [1.54, 1.807) is 6.92 Å². The van der Waals surface area contributed by atoms with Crippen molar-refractivity contribution in [3.05, 3.63) is 71.3 Å². The van der Waals surface area contributed by atoms with Crippen molar-refractivity contribution >= 4 is 11.5 Å². The van der Waals surface area contributed by atoms with E-state index in [1.807, 2.05) is 31.2 Å². The summed E-state index contributed by atoms with van der Waals surface area (Å²) in [6.07, 6.45) is 5.38. The van der Waals surface area contributed by atoms with Gasteiger partial charge in [-0.05, 0) is 60.2 Å². The van der Waals surface area contributed by atoms with Crippen LogP contribution in [0.4, 0.5) is 0 Å². The number of ether oxygens (including phenoxy) is 3. The second-order valence-electron chi connectivity index (χ2n) is 8.82. The summed E-state index contributed by atoms with van der Waals surface area (Å²) in [6.45, 7) is 5.45. The highest BCUT2D eigenvalue weighted by atomic mass is 16.7. The molecule has 1 heterocycles. The van der Waals surface area contributed by atoms with Crippen molar-refractivity contribution in [2.45, 2.75) is 57.8 Å². The Labute approximate surface area is 201 Å². The molecule has 0 amide bonds. The summed E-state index contributed by atoms with van der Waals surface area (Å²) in [6, 6.07) is 16.1. The van der Waals surface area contributed by atoms with Crippen molar-refractivity contribution in [2.75, 3.05) is 13.2 Å². The zero-order valence-electron chi connectivity index (χ0n) is 19.9. The SMILES string of the molecule is CC#C[C@H](c1ccc(OCc2cccc(C3=CCC4(CC3)OCCO4)c2)cc1)C(CC)C(=O)O. The lowest BCUT2D eigenvalue weighted by Gasteiger charge is -2.30. The van der Waals surface area contributed by atoms with Gasteiger partial charge in [-0.2, -0.15) is 0 Å². The third kappa shape index (κ3) is 5.52. The molecule has 1 spiro atoms. The minimum absolute atomic E-state index is 0.332. The first-order valence-corrected chi connectivity index (χ1v) is 12.0. The molecule has 5 heteroatoms. The summed E-state index contributed by atoms with van der Waals surface area (Å²) in [5, 5.41) is 9.56. The first kappa shape index (κ1) is 24.1. The van der Waals surface area contributed by atoms with Gasteiger partial charge in [-0.15, -0.1) is 5.92 Å². The molecule has 1 unspecified atom stereocenters. The van der Waals surface area contributed by atoms with Crippen LogP contribution in [0.5, 0.6) is 5.75 Å². The molecular formula is C29H32O5. The standard InChI is InChI=1S/C29H32O5/c1-3-6-27(26(4-2)28(30)31)23-9-11-25(12-10-23)32-20-21-7-5-8-24(19-21)22-13-15-29(16-14-22)33-17-18-34-29/h5,7-13,19,26-27H,4,14-18,20H2,1-2H3,(H,30,31)/t26?,27-/m1/s1. The van der Waals surface area contributed by atoms with Gasteiger partial charge in [0.1, 0.15) is 12.4 Å². The van der Waals surface area contributed by atoms with Crippen LogP contribution in [-0.2, 0) is 20.9 Å². The Morgan fingerprint density at radius 3 is 2.56 bits per heavy atom. The smallest absolute Gasteiger partial charge is 0.308 e. The van der Waals surface area contributed by atoms with Gasteiger partial charge in [-0.3, -0.25) is 4.79 Å². The van der Waals surface area contributed by atoms with E-state index in [4.69, 9.17) is 14.2 Å². The van der Waals surface area contributed by atoms with Gasteiger partial charge in [0.05, 0.1) is 25.0 Å². The number of aliphatic carboxylic acids is 1. The predicted molar refractivity (Wildman–Crippen MR) is 131 cm³/mol. The van der Waals surface area contributed by atoms with E-state index >= 15 is 0 Å². The molecule has 1 saturated heterocycles. The number of carbonyl (C=O) groups is 1. The summed E-state index contributed by atoms with van der Waals surface area (Å²) in [7, 11) is 0. The van der Waals surface area contributed by atoms with Gasteiger partial charge in [0.25, 0.3) is 0 Å². The molecular weight excluding hydrogens is 428 g/mol. The quantitative estimate of drug-likeness (QED) is 0.505. The van der Waals surface area contributed by atoms with Crippen LogP contribution < -0.4 is 4.74 Å². The molecule has 0 aromatic heterocycles. The fourth-order valence-electron chi connectivity index (χ4n) is 4.75. The maximum atomic E-state index is 11.6. The Morgan fingerprint density at radius 1 is 1.18 bits per heavy atom. The van der Waals surface area contributed by atoms with Crippen molar-refractivity contribution in [1.29, 1.82) is 0 Å². The predicted octanol–water partition coefficient (Wildman–Crippen LogP) is 5.79. The van der Waals surface area contributed by atoms with Gasteiger partial charge in [0, 0.05) is 12.8 Å². The summed E-state index contributed by atoms with van der Waals surface area (Å²) < 4.78 is 17.7. The Balaban J connectivity index is 1.40. The highest BCUT2D eigenvalue weighted by molar-refractivity contribution is 5.72. The molecule has 5 nitrogen and oxygen atoms in total. The fourth-order valence-corrected chi connectivity index (χ4v) is 4.75. The monoisotopic (exact) mass is 460 g/mol. The minimum atomic E-state index is -0.818. The van der Waals surface area contributed by atoms with Crippen LogP contribution in [-0.4, -0.2) is 30.1 Å². The van der Waals surface area contributed by atoms with Gasteiger partial charge in [-0.1, -0.05) is 49.3 Å².